The van der Waals surface area contributed by atoms with Crippen LogP contribution in [0.25, 0.3) is 0 Å². The van der Waals surface area contributed by atoms with Crippen LogP contribution in [-0.2, 0) is 113 Å². The first-order chi connectivity index (χ1) is 64.5. The molecule has 39 heteroatoms. The summed E-state index contributed by atoms with van der Waals surface area (Å²) in [5.41, 5.74) is 4.06. The van der Waals surface area contributed by atoms with E-state index in [1.165, 1.54) is 26.8 Å². The van der Waals surface area contributed by atoms with E-state index in [4.69, 9.17) is 71.7 Å². The lowest BCUT2D eigenvalue weighted by molar-refractivity contribution is -0.161. The maximum atomic E-state index is 12.5. The molecule has 0 radical (unpaired) electrons. The van der Waals surface area contributed by atoms with Crippen molar-refractivity contribution < 1.29 is 153 Å². The average Bonchev–Trinajstić information content (AvgIpc) is 0.973. The molecule has 5 atom stereocenters. The smallest absolute Gasteiger partial charge is 0.526 e. The number of nitrogens with zero attached hydrogens (tertiary/aromatic N) is 2. The molecule has 6 aliphatic rings. The summed E-state index contributed by atoms with van der Waals surface area (Å²) in [6.45, 7) is 24.6. The number of ether oxygens (including phenoxy) is 8. The molecule has 0 saturated heterocycles. The number of Topliss-reactive ketones (excluding diaryl/α,β-unsaturated/α-hetero) is 8. The fourth-order valence-corrected chi connectivity index (χ4v) is 14.7. The summed E-state index contributed by atoms with van der Waals surface area (Å²) in [4.78, 5) is 166. The molecule has 11 rings (SSSR count). The predicted molar refractivity (Wildman–Crippen MR) is 496 cm³/mol. The number of benzene rings is 5. The molecule has 6 heterocycles. The van der Waals surface area contributed by atoms with Crippen LogP contribution in [0.15, 0.2) is 115 Å². The van der Waals surface area contributed by atoms with Gasteiger partial charge >= 0.3 is 71.4 Å². The minimum Gasteiger partial charge on any atom is -0.535 e. The first-order valence-electron chi connectivity index (χ1n) is 45.4. The van der Waals surface area contributed by atoms with Crippen LogP contribution >= 0.6 is 0 Å². The second-order valence-electron chi connectivity index (χ2n) is 35.8. The number of para-hydroxylation sites is 5. The van der Waals surface area contributed by atoms with E-state index in [2.05, 4.69) is 6.58 Å². The Morgan fingerprint density at radius 3 is 0.949 bits per heavy atom. The van der Waals surface area contributed by atoms with Gasteiger partial charge in [-0.2, -0.15) is 10.5 Å². The summed E-state index contributed by atoms with van der Waals surface area (Å²) in [6, 6.07) is 29.2. The van der Waals surface area contributed by atoms with E-state index in [9.17, 15) is 92.2 Å². The Balaban J connectivity index is 0.000000232. The van der Waals surface area contributed by atoms with Crippen molar-refractivity contribution in [1.82, 2.24) is 0 Å². The molecule has 34 nitrogen and oxygen atoms in total. The van der Waals surface area contributed by atoms with Gasteiger partial charge in [0.1, 0.15) is 109 Å². The Morgan fingerprint density at radius 2 is 0.691 bits per heavy atom. The zero-order valence-corrected chi connectivity index (χ0v) is 79.0. The van der Waals surface area contributed by atoms with Crippen LogP contribution in [0.2, 0.25) is 29.1 Å². The fraction of sp³-hybridized carbons (Fsp3) is 0.485. The van der Waals surface area contributed by atoms with Crippen molar-refractivity contribution in [3.8, 4) is 40.9 Å². The van der Waals surface area contributed by atoms with Gasteiger partial charge in [0.25, 0.3) is 5.95 Å². The van der Waals surface area contributed by atoms with Crippen molar-refractivity contribution in [2.24, 2.45) is 17.3 Å². The maximum absolute atomic E-state index is 12.5. The molecule has 0 fully saturated rings. The van der Waals surface area contributed by atoms with Crippen molar-refractivity contribution in [3.05, 3.63) is 171 Å². The zero-order valence-electron chi connectivity index (χ0n) is 79.0. The molecule has 0 bridgehead atoms. The second kappa shape index (κ2) is 54.3. The molecule has 5 N–H and O–H groups in total. The summed E-state index contributed by atoms with van der Waals surface area (Å²) in [5, 5.41) is 68.5. The summed E-state index contributed by atoms with van der Waals surface area (Å²) in [5.74, 6) is -3.27. The number of fused-ring (bicyclic) bond motifs is 5. The summed E-state index contributed by atoms with van der Waals surface area (Å²) in [7, 11) is -6.03. The zero-order chi connectivity index (χ0) is 100. The lowest BCUT2D eigenvalue weighted by Gasteiger charge is -2.28. The third kappa shape index (κ3) is 35.0. The molecule has 136 heavy (non-hydrogen) atoms. The van der Waals surface area contributed by atoms with Gasteiger partial charge in [0.2, 0.25) is 6.79 Å². The van der Waals surface area contributed by atoms with Crippen LogP contribution in [0, 0.1) is 39.9 Å². The minimum atomic E-state index is -1.27. The molecule has 0 amide bonds. The molecule has 0 unspecified atom stereocenters. The van der Waals surface area contributed by atoms with Gasteiger partial charge in [0, 0.05) is 125 Å². The van der Waals surface area contributed by atoms with Crippen LogP contribution in [-0.4, -0.2) is 176 Å². The van der Waals surface area contributed by atoms with Gasteiger partial charge in [-0.3, -0.25) is 28.8 Å². The Hall–Kier alpha value is -12.5. The standard InChI is InChI=1S/C21H27BO8.C20H20BNO7.2C19H25BO6.C18H22BNO5/c1-13(23)8-9-16(24)11-15-10-14-6-5-7-17(18(14)30-22(15)27)19(25)28-12-29-20(26)21(2,3)4;1-12-18(28-13(2)27-12)11-26-20(24)17-7-3-5-14-9-15(21(25)29-19(14)17)10-16(23)6-4-8-22;1-12(2)11-25-19(23)17-6-4-5-14-9-15(20(24)26-18(14)17)10-16(22)8-7-13(3)21;1-3-4-10-25-19(23)17-7-5-6-14-11-15(20(24)26-18(14)17)12-16(22)9-8-13(2)21;1-12(2)11-24-18(22)16-7-3-5-13-9-14(19(23)25-17(13)16)10-15(21)6-4-8-20/h5-7,15,27H,8-12H2,1-4H3;3,5,7,15,25H,2,4,6,9-11H2,1H3;4-6,12,15,24H,7-11H2,1-3H3;5-7,15,24H,3-4,8-12H2,1-2H3;3,5,7,12,14,23H,4,6,9-11H2,1-2H3/t4*15-;14-/m11111/s1. The average molecular weight is 1880 g/mol. The van der Waals surface area contributed by atoms with Crippen LogP contribution in [0.4, 0.5) is 0 Å². The number of hydrogen-bond acceptors (Lipinski definition) is 34. The van der Waals surface area contributed by atoms with Gasteiger partial charge in [-0.15, -0.1) is 0 Å². The maximum Gasteiger partial charge on any atom is 0.526 e. The van der Waals surface area contributed by atoms with Crippen LogP contribution in [0.1, 0.15) is 272 Å². The van der Waals surface area contributed by atoms with Gasteiger partial charge in [-0.25, -0.2) is 24.0 Å². The molecule has 0 spiro atoms. The van der Waals surface area contributed by atoms with Gasteiger partial charge in [-0.05, 0) is 164 Å². The monoisotopic (exact) mass is 1880 g/mol. The Labute approximate surface area is 793 Å². The van der Waals surface area contributed by atoms with Gasteiger partial charge < -0.3 is 101 Å². The number of esters is 6. The van der Waals surface area contributed by atoms with Crippen molar-refractivity contribution in [2.75, 3.05) is 33.2 Å². The highest BCUT2D eigenvalue weighted by Crippen LogP contribution is 2.43. The van der Waals surface area contributed by atoms with E-state index in [-0.39, 0.29) is 207 Å². The third-order valence-electron chi connectivity index (χ3n) is 22.0. The number of allylic oxidation sites excluding steroid dienone is 1. The van der Waals surface area contributed by atoms with Crippen LogP contribution in [0.3, 0.4) is 0 Å². The normalized spacial score (nSPS) is 16.2. The quantitative estimate of drug-likeness (QED) is 0.00802. The summed E-state index contributed by atoms with van der Waals surface area (Å²) >= 11 is 0. The van der Waals surface area contributed by atoms with Crippen molar-refractivity contribution >= 4 is 118 Å². The number of carbonyl (C=O) groups excluding carboxylic acids is 14. The van der Waals surface area contributed by atoms with Gasteiger partial charge in [0.15, 0.2) is 12.4 Å². The van der Waals surface area contributed by atoms with E-state index in [1.807, 2.05) is 65.0 Å². The molecule has 5 aromatic rings. The van der Waals surface area contributed by atoms with Crippen LogP contribution < -0.4 is 23.3 Å². The van der Waals surface area contributed by atoms with Crippen molar-refractivity contribution in [3.63, 3.8) is 0 Å². The Bertz CT molecular complexity index is 5260. The van der Waals surface area contributed by atoms with E-state index < -0.39 is 107 Å². The molecule has 0 saturated carbocycles. The van der Waals surface area contributed by atoms with Crippen molar-refractivity contribution in [2.45, 2.75) is 253 Å². The van der Waals surface area contributed by atoms with E-state index in [1.54, 1.807) is 94.4 Å². The first-order valence-corrected chi connectivity index (χ1v) is 45.4. The molecular weight excluding hydrogens is 1760 g/mol. The fourth-order valence-electron chi connectivity index (χ4n) is 14.7. The van der Waals surface area contributed by atoms with E-state index in [0.717, 1.165) is 29.5 Å². The second-order valence-corrected chi connectivity index (χ2v) is 35.8. The third-order valence-corrected chi connectivity index (χ3v) is 22.0. The van der Waals surface area contributed by atoms with Gasteiger partial charge in [0.05, 0.1) is 37.4 Å². The topological polar surface area (TPSA) is 508 Å². The van der Waals surface area contributed by atoms with E-state index >= 15 is 0 Å². The number of ketones is 8. The van der Waals surface area contributed by atoms with Gasteiger partial charge in [-0.1, -0.05) is 102 Å². The Kier molecular flexibility index (Phi) is 44.1. The first kappa shape index (κ1) is 110. The molecule has 724 valence electrons. The highest BCUT2D eigenvalue weighted by Gasteiger charge is 2.44. The molecule has 0 aliphatic carbocycles. The Morgan fingerprint density at radius 1 is 0.412 bits per heavy atom. The summed E-state index contributed by atoms with van der Waals surface area (Å²) in [6.07, 6.45) is 6.02. The number of unbranched alkanes of at least 4 members (excludes halogenated alkanes) is 1. The molecule has 0 aromatic heterocycles. The highest BCUT2D eigenvalue weighted by atomic mass is 16.7. The number of carbonyl (C=O) groups is 14. The van der Waals surface area contributed by atoms with Crippen LogP contribution in [0.5, 0.6) is 28.7 Å². The lowest BCUT2D eigenvalue weighted by atomic mass is 9.64. The number of rotatable bonds is 39. The number of nitriles is 2. The molecule has 6 aliphatic heterocycles. The van der Waals surface area contributed by atoms with Crippen molar-refractivity contribution in [1.29, 1.82) is 10.5 Å². The minimum absolute atomic E-state index is 0.0321. The molecular formula is C97H119B5N2O32. The number of hydrogen-bond donors (Lipinski definition) is 5. The largest absolute Gasteiger partial charge is 0.535 e. The lowest BCUT2D eigenvalue weighted by Crippen LogP contribution is -2.36. The summed E-state index contributed by atoms with van der Waals surface area (Å²) < 4.78 is 69.1. The highest BCUT2D eigenvalue weighted by molar-refractivity contribution is 6.49. The van der Waals surface area contributed by atoms with E-state index in [0.29, 0.717) is 97.4 Å². The molecule has 5 aromatic carbocycles. The SMILES string of the molecule is C=C1OC(C)=C(COC(=O)c2cccc3c2OB(O)[C@@H](CC(=O)CCC#N)C3)O1.CC(=O)CCC(=O)C[C@H]1Cc2cccc(C(=O)OCC(C)C)c2OB1O.CC(=O)CCC(=O)C[C@H]1Cc2cccc(C(=O)OCOC(=O)C(C)(C)C)c2OB1O.CC(C)COC(=O)c1cccc2c1OB(O)[C@@H](CC(=O)CCC#N)C2.CCCCOC(=O)c1cccc2c1OB(O)[C@@H](CC(=O)CCC(C)=O)C2. The predicted octanol–water partition coefficient (Wildman–Crippen LogP) is 13.1.